The van der Waals surface area contributed by atoms with E-state index in [1.807, 2.05) is 0 Å². The van der Waals surface area contributed by atoms with Crippen LogP contribution in [0.3, 0.4) is 0 Å². The number of aryl methyl sites for hydroxylation is 1. The fourth-order valence-corrected chi connectivity index (χ4v) is 1.06. The first-order valence-corrected chi connectivity index (χ1v) is 5.60. The predicted octanol–water partition coefficient (Wildman–Crippen LogP) is 1.86. The molecule has 1 heterocycles. The molecule has 0 radical (unpaired) electrons. The Bertz CT molecular complexity index is 462. The number of carbonyl (C=O) groups excluding carboxylic acids is 2. The highest BCUT2D eigenvalue weighted by molar-refractivity contribution is 5.67. The Morgan fingerprint density at radius 2 is 1.63 bits per heavy atom. The summed E-state index contributed by atoms with van der Waals surface area (Å²) in [5.41, 5.74) is 0.482. The van der Waals surface area contributed by atoms with Gasteiger partial charge in [0.25, 0.3) is 5.88 Å². The quantitative estimate of drug-likeness (QED) is 0.764. The minimum absolute atomic E-state index is 0.0704. The molecule has 0 bridgehead atoms. The van der Waals surface area contributed by atoms with Gasteiger partial charge in [-0.05, 0) is 20.8 Å². The van der Waals surface area contributed by atoms with E-state index in [0.717, 1.165) is 0 Å². The van der Waals surface area contributed by atoms with E-state index in [-0.39, 0.29) is 24.8 Å². The van der Waals surface area contributed by atoms with E-state index in [2.05, 4.69) is 19.7 Å². The summed E-state index contributed by atoms with van der Waals surface area (Å²) in [6.07, 6.45) is -1.89. The van der Waals surface area contributed by atoms with Crippen molar-refractivity contribution in [3.8, 4) is 11.6 Å². The maximum Gasteiger partial charge on any atom is 0.515 e. The van der Waals surface area contributed by atoms with Crippen molar-refractivity contribution in [3.63, 3.8) is 0 Å². The summed E-state index contributed by atoms with van der Waals surface area (Å²) in [5, 5.41) is 7.30. The largest absolute Gasteiger partial charge is 0.515 e. The van der Waals surface area contributed by atoms with E-state index in [0.29, 0.717) is 5.69 Å². The second-order valence-corrected chi connectivity index (χ2v) is 3.23. The lowest BCUT2D eigenvalue weighted by Gasteiger charge is -2.08. The molecule has 0 N–H and O–H groups in total. The van der Waals surface area contributed by atoms with Crippen LogP contribution in [0.1, 0.15) is 19.5 Å². The van der Waals surface area contributed by atoms with Crippen molar-refractivity contribution in [2.75, 3.05) is 13.2 Å². The SMILES string of the molecule is CCOC(=O)Oc1cc(C)nnc1OC(=O)OCC. The fourth-order valence-electron chi connectivity index (χ4n) is 1.06. The van der Waals surface area contributed by atoms with Gasteiger partial charge >= 0.3 is 12.3 Å². The third-order valence-electron chi connectivity index (χ3n) is 1.75. The van der Waals surface area contributed by atoms with Crippen molar-refractivity contribution >= 4 is 12.3 Å². The molecule has 0 aliphatic carbocycles. The van der Waals surface area contributed by atoms with Gasteiger partial charge in [0.2, 0.25) is 5.75 Å². The minimum Gasteiger partial charge on any atom is -0.434 e. The predicted molar refractivity (Wildman–Crippen MR) is 62.1 cm³/mol. The molecule has 0 atom stereocenters. The first kappa shape index (κ1) is 14.7. The number of aromatic nitrogens is 2. The topological polar surface area (TPSA) is 96.8 Å². The Kier molecular flexibility index (Phi) is 5.52. The van der Waals surface area contributed by atoms with E-state index in [1.54, 1.807) is 20.8 Å². The zero-order valence-electron chi connectivity index (χ0n) is 10.8. The molecule has 1 aromatic rings. The summed E-state index contributed by atoms with van der Waals surface area (Å²) in [6, 6.07) is 1.39. The molecule has 0 unspecified atom stereocenters. The molecule has 0 aromatic carbocycles. The molecular formula is C11H14N2O6. The van der Waals surface area contributed by atoms with Crippen LogP contribution in [0, 0.1) is 6.92 Å². The monoisotopic (exact) mass is 270 g/mol. The van der Waals surface area contributed by atoms with Gasteiger partial charge in [0.05, 0.1) is 18.9 Å². The lowest BCUT2D eigenvalue weighted by Crippen LogP contribution is -2.15. The van der Waals surface area contributed by atoms with Crippen molar-refractivity contribution in [2.24, 2.45) is 0 Å². The lowest BCUT2D eigenvalue weighted by atomic mass is 10.4. The van der Waals surface area contributed by atoms with Crippen molar-refractivity contribution < 1.29 is 28.5 Å². The zero-order valence-corrected chi connectivity index (χ0v) is 10.8. The molecule has 1 rings (SSSR count). The standard InChI is InChI=1S/C11H14N2O6/c1-4-16-10(14)18-8-6-7(3)12-13-9(8)19-11(15)17-5-2/h6H,4-5H2,1-3H3. The van der Waals surface area contributed by atoms with E-state index < -0.39 is 12.3 Å². The van der Waals surface area contributed by atoms with Crippen LogP contribution in [0.25, 0.3) is 0 Å². The van der Waals surface area contributed by atoms with Gasteiger partial charge in [-0.2, -0.15) is 5.10 Å². The number of hydrogen-bond acceptors (Lipinski definition) is 8. The average Bonchev–Trinajstić information content (AvgIpc) is 2.33. The summed E-state index contributed by atoms with van der Waals surface area (Å²) in [6.45, 7) is 5.20. The summed E-state index contributed by atoms with van der Waals surface area (Å²) >= 11 is 0. The highest BCUT2D eigenvalue weighted by atomic mass is 16.7. The molecule has 0 fully saturated rings. The van der Waals surface area contributed by atoms with Gasteiger partial charge in [0.15, 0.2) is 0 Å². The molecule has 0 aliphatic rings. The van der Waals surface area contributed by atoms with Crippen LogP contribution in [0.2, 0.25) is 0 Å². The van der Waals surface area contributed by atoms with Gasteiger partial charge in [-0.15, -0.1) is 5.10 Å². The zero-order chi connectivity index (χ0) is 14.3. The van der Waals surface area contributed by atoms with Crippen LogP contribution in [0.15, 0.2) is 6.07 Å². The number of rotatable bonds is 4. The van der Waals surface area contributed by atoms with Crippen molar-refractivity contribution in [2.45, 2.75) is 20.8 Å². The molecule has 0 saturated carbocycles. The Labute approximate surface area is 109 Å². The van der Waals surface area contributed by atoms with E-state index in [4.69, 9.17) is 9.47 Å². The van der Waals surface area contributed by atoms with Crippen molar-refractivity contribution in [1.82, 2.24) is 10.2 Å². The molecule has 0 amide bonds. The molecule has 19 heavy (non-hydrogen) atoms. The summed E-state index contributed by atoms with van der Waals surface area (Å²) in [4.78, 5) is 22.4. The number of carbonyl (C=O) groups is 2. The molecule has 1 aromatic heterocycles. The maximum absolute atomic E-state index is 11.2. The Balaban J connectivity index is 2.85. The smallest absolute Gasteiger partial charge is 0.434 e. The van der Waals surface area contributed by atoms with Gasteiger partial charge in [-0.3, -0.25) is 0 Å². The number of hydrogen-bond donors (Lipinski definition) is 0. The van der Waals surface area contributed by atoms with E-state index in [9.17, 15) is 9.59 Å². The summed E-state index contributed by atoms with van der Waals surface area (Å²) < 4.78 is 18.8. The van der Waals surface area contributed by atoms with Gasteiger partial charge in [-0.1, -0.05) is 0 Å². The first-order chi connectivity index (χ1) is 9.06. The molecule has 8 heteroatoms. The fraction of sp³-hybridized carbons (Fsp3) is 0.455. The lowest BCUT2D eigenvalue weighted by molar-refractivity contribution is 0.0920. The molecule has 0 saturated heterocycles. The van der Waals surface area contributed by atoms with Crippen molar-refractivity contribution in [3.05, 3.63) is 11.8 Å². The minimum atomic E-state index is -0.964. The van der Waals surface area contributed by atoms with Crippen LogP contribution < -0.4 is 9.47 Å². The summed E-state index contributed by atoms with van der Waals surface area (Å²) in [5.74, 6) is -0.337. The maximum atomic E-state index is 11.2. The Morgan fingerprint density at radius 1 is 1.05 bits per heavy atom. The Hall–Kier alpha value is -2.38. The van der Waals surface area contributed by atoms with Gasteiger partial charge < -0.3 is 18.9 Å². The Morgan fingerprint density at radius 3 is 2.21 bits per heavy atom. The molecule has 0 aliphatic heterocycles. The molecule has 8 nitrogen and oxygen atoms in total. The highest BCUT2D eigenvalue weighted by Crippen LogP contribution is 2.24. The van der Waals surface area contributed by atoms with E-state index >= 15 is 0 Å². The van der Waals surface area contributed by atoms with Gasteiger partial charge in [0.1, 0.15) is 0 Å². The third-order valence-corrected chi connectivity index (χ3v) is 1.75. The normalized spacial score (nSPS) is 9.63. The van der Waals surface area contributed by atoms with Crippen molar-refractivity contribution in [1.29, 1.82) is 0 Å². The van der Waals surface area contributed by atoms with Gasteiger partial charge in [0, 0.05) is 6.07 Å². The number of ether oxygens (including phenoxy) is 4. The van der Waals surface area contributed by atoms with Crippen LogP contribution in [0.4, 0.5) is 9.59 Å². The van der Waals surface area contributed by atoms with Gasteiger partial charge in [-0.25, -0.2) is 9.59 Å². The summed E-state index contributed by atoms with van der Waals surface area (Å²) in [7, 11) is 0. The molecule has 0 spiro atoms. The molecular weight excluding hydrogens is 256 g/mol. The molecule has 104 valence electrons. The second kappa shape index (κ2) is 7.14. The van der Waals surface area contributed by atoms with E-state index in [1.165, 1.54) is 6.07 Å². The van der Waals surface area contributed by atoms with Crippen LogP contribution in [-0.4, -0.2) is 35.7 Å². The average molecular weight is 270 g/mol. The first-order valence-electron chi connectivity index (χ1n) is 5.60. The third kappa shape index (κ3) is 4.78. The highest BCUT2D eigenvalue weighted by Gasteiger charge is 2.17. The second-order valence-electron chi connectivity index (χ2n) is 3.23. The number of nitrogens with zero attached hydrogens (tertiary/aromatic N) is 2. The van der Waals surface area contributed by atoms with Crippen LogP contribution in [0.5, 0.6) is 11.6 Å². The van der Waals surface area contributed by atoms with Crippen LogP contribution in [-0.2, 0) is 9.47 Å². The van der Waals surface area contributed by atoms with Crippen LogP contribution >= 0.6 is 0 Å².